The average Bonchev–Trinajstić information content (AvgIpc) is 1.87. The third-order valence-corrected chi connectivity index (χ3v) is 2.55. The van der Waals surface area contributed by atoms with Crippen molar-refractivity contribution in [3.63, 3.8) is 0 Å². The molecular formula is C4H10N2OS2. The van der Waals surface area contributed by atoms with Gasteiger partial charge in [-0.15, -0.1) is 0 Å². The summed E-state index contributed by atoms with van der Waals surface area (Å²) in [6.45, 7) is 2.65. The lowest BCUT2D eigenvalue weighted by atomic mass is 10.8. The fourth-order valence-corrected chi connectivity index (χ4v) is 1.47. The first-order valence-electron chi connectivity index (χ1n) is 2.59. The predicted octanol–water partition coefficient (Wildman–Crippen LogP) is -0.0695. The number of hydrogen-bond donors (Lipinski definition) is 2. The van der Waals surface area contributed by atoms with Crippen molar-refractivity contribution in [1.82, 2.24) is 10.0 Å². The summed E-state index contributed by atoms with van der Waals surface area (Å²) in [6, 6.07) is 0. The van der Waals surface area contributed by atoms with Crippen molar-refractivity contribution in [2.75, 3.05) is 13.6 Å². The molecule has 0 saturated carbocycles. The van der Waals surface area contributed by atoms with Gasteiger partial charge in [0, 0.05) is 23.2 Å². The van der Waals surface area contributed by atoms with E-state index in [0.29, 0.717) is 0 Å². The first-order valence-corrected chi connectivity index (χ1v) is 4.74. The molecule has 0 aromatic carbocycles. The zero-order valence-corrected chi connectivity index (χ0v) is 7.06. The van der Waals surface area contributed by atoms with Gasteiger partial charge in [0.25, 0.3) is 5.24 Å². The molecule has 0 spiro atoms. The Hall–Kier alpha value is 0. The Bertz CT molecular complexity index is 126. The molecule has 0 heterocycles. The predicted molar refractivity (Wildman–Crippen MR) is 42.9 cm³/mol. The zero-order valence-electron chi connectivity index (χ0n) is 5.43. The van der Waals surface area contributed by atoms with Crippen molar-refractivity contribution >= 4 is 26.1 Å². The minimum absolute atomic E-state index is 0.119. The summed E-state index contributed by atoms with van der Waals surface area (Å²) in [5.74, 6) is 0. The van der Waals surface area contributed by atoms with Crippen LogP contribution in [0.3, 0.4) is 0 Å². The van der Waals surface area contributed by atoms with Crippen LogP contribution in [0.2, 0.25) is 0 Å². The zero-order chi connectivity index (χ0) is 7.28. The third-order valence-electron chi connectivity index (χ3n) is 0.648. The molecule has 0 aromatic heterocycles. The highest BCUT2D eigenvalue weighted by Crippen LogP contribution is 1.76. The van der Waals surface area contributed by atoms with E-state index < -0.39 is 9.64 Å². The Kier molecular flexibility index (Phi) is 4.84. The van der Waals surface area contributed by atoms with Crippen molar-refractivity contribution in [2.24, 2.45) is 0 Å². The van der Waals surface area contributed by atoms with Gasteiger partial charge in [-0.1, -0.05) is 6.92 Å². The molecule has 0 saturated heterocycles. The van der Waals surface area contributed by atoms with Crippen LogP contribution >= 0.6 is 0 Å². The van der Waals surface area contributed by atoms with Gasteiger partial charge in [-0.25, -0.2) is 0 Å². The maximum absolute atomic E-state index is 10.6. The van der Waals surface area contributed by atoms with E-state index in [-0.39, 0.29) is 5.24 Å². The lowest BCUT2D eigenvalue weighted by molar-refractivity contribution is 0.262. The Balaban J connectivity index is 3.60. The van der Waals surface area contributed by atoms with Crippen LogP contribution in [0, 0.1) is 0 Å². The second-order valence-corrected chi connectivity index (χ2v) is 3.50. The first kappa shape index (κ1) is 9.00. The van der Waals surface area contributed by atoms with E-state index in [1.807, 2.05) is 6.92 Å². The van der Waals surface area contributed by atoms with Crippen LogP contribution in [0.5, 0.6) is 0 Å². The number of nitrogens with one attached hydrogen (secondary N) is 2. The van der Waals surface area contributed by atoms with Crippen molar-refractivity contribution < 1.29 is 4.79 Å². The highest BCUT2D eigenvalue weighted by molar-refractivity contribution is 8.36. The minimum Gasteiger partial charge on any atom is -0.349 e. The SMILES string of the molecule is CCNS(=S)C(=O)NC. The molecule has 5 heteroatoms. The quantitative estimate of drug-likeness (QED) is 0.603. The molecular weight excluding hydrogens is 156 g/mol. The molecule has 2 N–H and O–H groups in total. The maximum Gasteiger partial charge on any atom is 0.297 e. The van der Waals surface area contributed by atoms with Gasteiger partial charge in [0.15, 0.2) is 0 Å². The molecule has 9 heavy (non-hydrogen) atoms. The largest absolute Gasteiger partial charge is 0.349 e. The molecule has 0 aliphatic heterocycles. The Labute approximate surface area is 61.9 Å². The molecule has 1 atom stereocenters. The molecule has 3 nitrogen and oxygen atoms in total. The van der Waals surface area contributed by atoms with Gasteiger partial charge >= 0.3 is 0 Å². The van der Waals surface area contributed by atoms with Gasteiger partial charge in [0.2, 0.25) is 0 Å². The number of carbonyl (C=O) groups is 1. The molecule has 0 aliphatic carbocycles. The fraction of sp³-hybridized carbons (Fsp3) is 0.750. The number of rotatable bonds is 2. The highest BCUT2D eigenvalue weighted by atomic mass is 32.8. The normalized spacial score (nSPS) is 12.7. The van der Waals surface area contributed by atoms with Crippen molar-refractivity contribution in [3.8, 4) is 0 Å². The molecule has 0 aliphatic rings. The number of amides is 1. The van der Waals surface area contributed by atoms with E-state index in [9.17, 15) is 4.79 Å². The molecule has 0 bridgehead atoms. The Morgan fingerprint density at radius 1 is 1.78 bits per heavy atom. The summed E-state index contributed by atoms with van der Waals surface area (Å²) in [6.07, 6.45) is 0. The van der Waals surface area contributed by atoms with Crippen molar-refractivity contribution in [2.45, 2.75) is 6.92 Å². The van der Waals surface area contributed by atoms with Gasteiger partial charge in [-0.3, -0.25) is 9.52 Å². The summed E-state index contributed by atoms with van der Waals surface area (Å²) in [7, 11) is 0.844. The molecule has 0 rings (SSSR count). The average molecular weight is 166 g/mol. The topological polar surface area (TPSA) is 41.1 Å². The molecule has 0 aromatic rings. The van der Waals surface area contributed by atoms with E-state index in [0.717, 1.165) is 6.54 Å². The second-order valence-electron chi connectivity index (χ2n) is 1.30. The summed E-state index contributed by atoms with van der Waals surface area (Å²) in [5, 5.41) is 2.34. The van der Waals surface area contributed by atoms with E-state index in [1.165, 1.54) is 0 Å². The van der Waals surface area contributed by atoms with Gasteiger partial charge < -0.3 is 5.32 Å². The lowest BCUT2D eigenvalue weighted by Gasteiger charge is -2.00. The molecule has 0 radical (unpaired) electrons. The van der Waals surface area contributed by atoms with Crippen LogP contribution in [-0.4, -0.2) is 18.8 Å². The highest BCUT2D eigenvalue weighted by Gasteiger charge is 2.00. The minimum atomic E-state index is -0.731. The van der Waals surface area contributed by atoms with E-state index >= 15 is 0 Å². The van der Waals surface area contributed by atoms with Crippen LogP contribution in [0.4, 0.5) is 4.79 Å². The number of carbonyl (C=O) groups excluding carboxylic acids is 1. The Morgan fingerprint density at radius 2 is 2.33 bits per heavy atom. The standard InChI is InChI=1S/C4H10N2OS2/c1-3-6-9(8)4(7)5-2/h6H,3H2,1-2H3,(H,5,7). The third kappa shape index (κ3) is 3.56. The summed E-state index contributed by atoms with van der Waals surface area (Å²) < 4.78 is 2.83. The van der Waals surface area contributed by atoms with Gasteiger partial charge in [0.05, 0.1) is 0 Å². The summed E-state index contributed by atoms with van der Waals surface area (Å²) >= 11 is 4.76. The van der Waals surface area contributed by atoms with Crippen LogP contribution in [0.25, 0.3) is 0 Å². The van der Waals surface area contributed by atoms with Crippen molar-refractivity contribution in [1.29, 1.82) is 0 Å². The smallest absolute Gasteiger partial charge is 0.297 e. The van der Waals surface area contributed by atoms with E-state index in [1.54, 1.807) is 7.05 Å². The van der Waals surface area contributed by atoms with Gasteiger partial charge in [0.1, 0.15) is 0 Å². The van der Waals surface area contributed by atoms with E-state index in [2.05, 4.69) is 10.0 Å². The van der Waals surface area contributed by atoms with Crippen molar-refractivity contribution in [3.05, 3.63) is 0 Å². The van der Waals surface area contributed by atoms with Crippen LogP contribution in [0.15, 0.2) is 0 Å². The molecule has 1 amide bonds. The Morgan fingerprint density at radius 3 is 2.67 bits per heavy atom. The van der Waals surface area contributed by atoms with Crippen LogP contribution in [-0.2, 0) is 20.8 Å². The maximum atomic E-state index is 10.6. The van der Waals surface area contributed by atoms with Crippen LogP contribution < -0.4 is 10.0 Å². The summed E-state index contributed by atoms with van der Waals surface area (Å²) in [5.41, 5.74) is 0. The first-order chi connectivity index (χ1) is 4.22. The molecule has 1 unspecified atom stereocenters. The molecule has 54 valence electrons. The second kappa shape index (κ2) is 4.84. The van der Waals surface area contributed by atoms with Gasteiger partial charge in [-0.2, -0.15) is 0 Å². The number of hydrogen-bond acceptors (Lipinski definition) is 2. The van der Waals surface area contributed by atoms with Gasteiger partial charge in [-0.05, 0) is 11.2 Å². The summed E-state index contributed by atoms with van der Waals surface area (Å²) in [4.78, 5) is 10.6. The lowest BCUT2D eigenvalue weighted by Crippen LogP contribution is -2.30. The van der Waals surface area contributed by atoms with E-state index in [4.69, 9.17) is 11.2 Å². The molecule has 0 fully saturated rings. The van der Waals surface area contributed by atoms with Crippen LogP contribution in [0.1, 0.15) is 6.92 Å². The monoisotopic (exact) mass is 166 g/mol. The fourth-order valence-electron chi connectivity index (χ4n) is 0.289.